The van der Waals surface area contributed by atoms with Crippen molar-refractivity contribution in [1.82, 2.24) is 10.5 Å². The van der Waals surface area contributed by atoms with Gasteiger partial charge in [-0.3, -0.25) is 0 Å². The number of aromatic nitrogens is 1. The van der Waals surface area contributed by atoms with Crippen molar-refractivity contribution in [2.75, 3.05) is 5.32 Å². The molecule has 1 atom stereocenters. The molecule has 2 aromatic rings. The average Bonchev–Trinajstić information content (AvgIpc) is 2.81. The molecule has 0 radical (unpaired) electrons. The van der Waals surface area contributed by atoms with Gasteiger partial charge in [0.05, 0.1) is 11.8 Å². The summed E-state index contributed by atoms with van der Waals surface area (Å²) in [6, 6.07) is 5.35. The van der Waals surface area contributed by atoms with Crippen LogP contribution in [-0.4, -0.2) is 23.3 Å². The number of amides is 2. The number of aryl methyl sites for hydroxylation is 3. The Kier molecular flexibility index (Phi) is 6.07. The molecule has 1 aromatic heterocycles. The number of hydrogen-bond acceptors (Lipinski definition) is 4. The average molecular weight is 345 g/mol. The van der Waals surface area contributed by atoms with Gasteiger partial charge in [-0.1, -0.05) is 5.16 Å². The van der Waals surface area contributed by atoms with Crippen molar-refractivity contribution in [1.29, 1.82) is 0 Å². The highest BCUT2D eigenvalue weighted by Gasteiger charge is 2.15. The zero-order chi connectivity index (χ0) is 18.6. The lowest BCUT2D eigenvalue weighted by Gasteiger charge is -2.16. The van der Waals surface area contributed by atoms with Gasteiger partial charge in [-0.2, -0.15) is 0 Å². The van der Waals surface area contributed by atoms with Crippen LogP contribution in [0, 0.1) is 20.8 Å². The Morgan fingerprint density at radius 3 is 2.52 bits per heavy atom. The van der Waals surface area contributed by atoms with E-state index in [1.807, 2.05) is 59.7 Å². The minimum Gasteiger partial charge on any atom is -0.491 e. The summed E-state index contributed by atoms with van der Waals surface area (Å²) < 4.78 is 10.8. The summed E-state index contributed by atoms with van der Waals surface area (Å²) in [6.45, 7) is 11.6. The first-order valence-corrected chi connectivity index (χ1v) is 8.52. The van der Waals surface area contributed by atoms with E-state index in [0.29, 0.717) is 6.42 Å². The summed E-state index contributed by atoms with van der Waals surface area (Å²) in [5.41, 5.74) is 3.62. The minimum absolute atomic E-state index is 0.0411. The summed E-state index contributed by atoms with van der Waals surface area (Å²) in [4.78, 5) is 12.2. The van der Waals surface area contributed by atoms with Gasteiger partial charge in [0.1, 0.15) is 11.5 Å². The molecular weight excluding hydrogens is 318 g/mol. The summed E-state index contributed by atoms with van der Waals surface area (Å²) in [7, 11) is 0. The van der Waals surface area contributed by atoms with Gasteiger partial charge in [0.15, 0.2) is 0 Å². The van der Waals surface area contributed by atoms with Gasteiger partial charge in [-0.25, -0.2) is 4.79 Å². The smallest absolute Gasteiger partial charge is 0.319 e. The Bertz CT molecular complexity index is 718. The van der Waals surface area contributed by atoms with Gasteiger partial charge >= 0.3 is 6.03 Å². The molecule has 0 aliphatic rings. The third-order valence-electron chi connectivity index (χ3n) is 3.89. The molecule has 0 bridgehead atoms. The number of rotatable bonds is 6. The first-order valence-electron chi connectivity index (χ1n) is 8.52. The van der Waals surface area contributed by atoms with Crippen molar-refractivity contribution in [2.45, 2.75) is 60.1 Å². The standard InChI is InChI=1S/C19H27N3O3/c1-11(2)24-16-7-8-18(12(3)9-16)21-19(23)20-13(4)10-17-14(5)22-25-15(17)6/h7-9,11,13H,10H2,1-6H3,(H2,20,21,23)/t13-/m1/s1. The highest BCUT2D eigenvalue weighted by atomic mass is 16.5. The molecule has 0 fully saturated rings. The number of anilines is 1. The number of benzene rings is 1. The van der Waals surface area contributed by atoms with Gasteiger partial charge in [0.25, 0.3) is 0 Å². The van der Waals surface area contributed by atoms with Crippen LogP contribution in [0.1, 0.15) is 43.4 Å². The lowest BCUT2D eigenvalue weighted by molar-refractivity contribution is 0.242. The van der Waals surface area contributed by atoms with E-state index in [1.54, 1.807) is 0 Å². The van der Waals surface area contributed by atoms with Crippen LogP contribution in [0.2, 0.25) is 0 Å². The van der Waals surface area contributed by atoms with Gasteiger partial charge in [-0.05, 0) is 71.7 Å². The molecule has 1 heterocycles. The van der Waals surface area contributed by atoms with E-state index in [2.05, 4.69) is 15.8 Å². The fraction of sp³-hybridized carbons (Fsp3) is 0.474. The SMILES string of the molecule is Cc1cc(OC(C)C)ccc1NC(=O)N[C@H](C)Cc1c(C)noc1C. The Morgan fingerprint density at radius 2 is 1.96 bits per heavy atom. The molecule has 0 spiro atoms. The van der Waals surface area contributed by atoms with Gasteiger partial charge in [0, 0.05) is 17.3 Å². The lowest BCUT2D eigenvalue weighted by atomic mass is 10.1. The second kappa shape index (κ2) is 8.05. The Morgan fingerprint density at radius 1 is 1.24 bits per heavy atom. The van der Waals surface area contributed by atoms with Crippen LogP contribution in [-0.2, 0) is 6.42 Å². The number of ether oxygens (including phenoxy) is 1. The third-order valence-corrected chi connectivity index (χ3v) is 3.89. The highest BCUT2D eigenvalue weighted by molar-refractivity contribution is 5.90. The maximum Gasteiger partial charge on any atom is 0.319 e. The zero-order valence-electron chi connectivity index (χ0n) is 15.8. The van der Waals surface area contributed by atoms with Crippen molar-refractivity contribution < 1.29 is 14.1 Å². The highest BCUT2D eigenvalue weighted by Crippen LogP contribution is 2.22. The summed E-state index contributed by atoms with van der Waals surface area (Å²) in [5.74, 6) is 1.59. The van der Waals surface area contributed by atoms with Crippen LogP contribution in [0.15, 0.2) is 22.7 Å². The number of nitrogens with one attached hydrogen (secondary N) is 2. The largest absolute Gasteiger partial charge is 0.491 e. The zero-order valence-corrected chi connectivity index (χ0v) is 15.8. The van der Waals surface area contributed by atoms with E-state index in [-0.39, 0.29) is 18.2 Å². The summed E-state index contributed by atoms with van der Waals surface area (Å²) in [6.07, 6.45) is 0.793. The Hall–Kier alpha value is -2.50. The Balaban J connectivity index is 1.93. The molecule has 0 saturated carbocycles. The van der Waals surface area contributed by atoms with E-state index < -0.39 is 0 Å². The van der Waals surface area contributed by atoms with E-state index >= 15 is 0 Å². The predicted octanol–water partition coefficient (Wildman–Crippen LogP) is 4.14. The molecular formula is C19H27N3O3. The Labute approximate surface area is 148 Å². The molecule has 136 valence electrons. The molecule has 0 unspecified atom stereocenters. The van der Waals surface area contributed by atoms with Crippen molar-refractivity contribution in [2.24, 2.45) is 0 Å². The first kappa shape index (κ1) is 18.8. The predicted molar refractivity (Wildman–Crippen MR) is 98.2 cm³/mol. The normalized spacial score (nSPS) is 12.1. The molecule has 6 nitrogen and oxygen atoms in total. The number of urea groups is 1. The second-order valence-electron chi connectivity index (χ2n) is 6.65. The van der Waals surface area contributed by atoms with Gasteiger partial charge in [0.2, 0.25) is 0 Å². The molecule has 6 heteroatoms. The first-order chi connectivity index (χ1) is 11.8. The maximum atomic E-state index is 12.2. The van der Waals surface area contributed by atoms with Crippen molar-refractivity contribution in [3.05, 3.63) is 40.8 Å². The lowest BCUT2D eigenvalue weighted by Crippen LogP contribution is -2.37. The summed E-state index contributed by atoms with van der Waals surface area (Å²) >= 11 is 0. The van der Waals surface area contributed by atoms with E-state index in [9.17, 15) is 4.79 Å². The van der Waals surface area contributed by atoms with Crippen LogP contribution < -0.4 is 15.4 Å². The molecule has 2 rings (SSSR count). The molecule has 2 amide bonds. The van der Waals surface area contributed by atoms with E-state index in [0.717, 1.165) is 34.0 Å². The molecule has 1 aromatic carbocycles. The molecule has 0 aliphatic carbocycles. The van der Waals surface area contributed by atoms with Crippen LogP contribution in [0.3, 0.4) is 0 Å². The molecule has 25 heavy (non-hydrogen) atoms. The topological polar surface area (TPSA) is 76.4 Å². The number of hydrogen-bond donors (Lipinski definition) is 2. The monoisotopic (exact) mass is 345 g/mol. The maximum absolute atomic E-state index is 12.2. The van der Waals surface area contributed by atoms with Gasteiger partial charge < -0.3 is 19.9 Å². The van der Waals surface area contributed by atoms with Crippen LogP contribution in [0.25, 0.3) is 0 Å². The van der Waals surface area contributed by atoms with E-state index in [4.69, 9.17) is 9.26 Å². The summed E-state index contributed by atoms with van der Waals surface area (Å²) in [5, 5.41) is 9.77. The quantitative estimate of drug-likeness (QED) is 0.825. The minimum atomic E-state index is -0.236. The van der Waals surface area contributed by atoms with Crippen molar-refractivity contribution >= 4 is 11.7 Å². The third kappa shape index (κ3) is 5.24. The molecule has 0 aliphatic heterocycles. The van der Waals surface area contributed by atoms with Crippen molar-refractivity contribution in [3.8, 4) is 5.75 Å². The fourth-order valence-corrected chi connectivity index (χ4v) is 2.65. The molecule has 2 N–H and O–H groups in total. The number of carbonyl (C=O) groups is 1. The van der Waals surface area contributed by atoms with Crippen LogP contribution >= 0.6 is 0 Å². The van der Waals surface area contributed by atoms with E-state index in [1.165, 1.54) is 0 Å². The van der Waals surface area contributed by atoms with Crippen LogP contribution in [0.4, 0.5) is 10.5 Å². The van der Waals surface area contributed by atoms with Crippen molar-refractivity contribution in [3.63, 3.8) is 0 Å². The number of carbonyl (C=O) groups excluding carboxylic acids is 1. The molecule has 0 saturated heterocycles. The van der Waals surface area contributed by atoms with Gasteiger partial charge in [-0.15, -0.1) is 0 Å². The van der Waals surface area contributed by atoms with Crippen LogP contribution in [0.5, 0.6) is 5.75 Å². The number of nitrogens with zero attached hydrogens (tertiary/aromatic N) is 1. The fourth-order valence-electron chi connectivity index (χ4n) is 2.65. The second-order valence-corrected chi connectivity index (χ2v) is 6.65.